The second-order valence-corrected chi connectivity index (χ2v) is 4.36. The molecule has 4 nitrogen and oxygen atoms in total. The zero-order valence-electron chi connectivity index (χ0n) is 10.1. The van der Waals surface area contributed by atoms with Crippen LogP contribution in [0, 0.1) is 5.82 Å². The average molecular weight is 280 g/mol. The number of benzene rings is 1. The number of nitrogens with one attached hydrogen (secondary N) is 1. The van der Waals surface area contributed by atoms with Crippen LogP contribution < -0.4 is 5.32 Å². The molecular formula is C13H11ClFN3O. The monoisotopic (exact) mass is 279 g/mol. The van der Waals surface area contributed by atoms with E-state index in [9.17, 15) is 9.18 Å². The Kier molecular flexibility index (Phi) is 4.06. The van der Waals surface area contributed by atoms with Crippen molar-refractivity contribution in [2.24, 2.45) is 0 Å². The molecule has 0 aliphatic rings. The molecule has 19 heavy (non-hydrogen) atoms. The molecule has 1 unspecified atom stereocenters. The van der Waals surface area contributed by atoms with Crippen molar-refractivity contribution in [2.75, 3.05) is 0 Å². The zero-order chi connectivity index (χ0) is 13.8. The normalized spacial score (nSPS) is 11.9. The summed E-state index contributed by atoms with van der Waals surface area (Å²) in [6.07, 6.45) is 2.61. The minimum absolute atomic E-state index is 0.179. The number of aromatic nitrogens is 2. The molecule has 0 saturated carbocycles. The van der Waals surface area contributed by atoms with Crippen LogP contribution in [0.4, 0.5) is 4.39 Å². The van der Waals surface area contributed by atoms with Crippen LogP contribution >= 0.6 is 11.6 Å². The van der Waals surface area contributed by atoms with Crippen molar-refractivity contribution >= 4 is 17.5 Å². The Balaban J connectivity index is 2.06. The van der Waals surface area contributed by atoms with Gasteiger partial charge in [0.15, 0.2) is 0 Å². The summed E-state index contributed by atoms with van der Waals surface area (Å²) in [7, 11) is 0. The van der Waals surface area contributed by atoms with Crippen molar-refractivity contribution in [1.29, 1.82) is 0 Å². The van der Waals surface area contributed by atoms with Crippen LogP contribution in [0.15, 0.2) is 36.7 Å². The number of carbonyl (C=O) groups excluding carboxylic acids is 1. The van der Waals surface area contributed by atoms with Crippen LogP contribution in [-0.2, 0) is 0 Å². The maximum Gasteiger partial charge on any atom is 0.271 e. The van der Waals surface area contributed by atoms with E-state index in [-0.39, 0.29) is 28.6 Å². The number of hydrogen-bond donors (Lipinski definition) is 1. The fourth-order valence-electron chi connectivity index (χ4n) is 1.53. The van der Waals surface area contributed by atoms with Crippen molar-refractivity contribution in [3.8, 4) is 0 Å². The Bertz CT molecular complexity index is 571. The Morgan fingerprint density at radius 3 is 2.53 bits per heavy atom. The molecule has 0 aliphatic carbocycles. The smallest absolute Gasteiger partial charge is 0.271 e. The maximum absolute atomic E-state index is 12.8. The van der Waals surface area contributed by atoms with Gasteiger partial charge in [0.2, 0.25) is 0 Å². The summed E-state index contributed by atoms with van der Waals surface area (Å²) in [5.74, 6) is -0.674. The molecule has 0 spiro atoms. The molecule has 1 amide bonds. The summed E-state index contributed by atoms with van der Waals surface area (Å²) in [6, 6.07) is 5.67. The van der Waals surface area contributed by atoms with E-state index >= 15 is 0 Å². The minimum Gasteiger partial charge on any atom is -0.344 e. The van der Waals surface area contributed by atoms with Crippen LogP contribution in [0.1, 0.15) is 29.0 Å². The topological polar surface area (TPSA) is 54.9 Å². The lowest BCUT2D eigenvalue weighted by atomic mass is 10.1. The van der Waals surface area contributed by atoms with Crippen molar-refractivity contribution in [3.05, 3.63) is 58.9 Å². The molecule has 1 N–H and O–H groups in total. The molecule has 0 saturated heterocycles. The third-order valence-electron chi connectivity index (χ3n) is 2.57. The van der Waals surface area contributed by atoms with Crippen LogP contribution in [0.5, 0.6) is 0 Å². The van der Waals surface area contributed by atoms with E-state index in [1.165, 1.54) is 24.5 Å². The summed E-state index contributed by atoms with van der Waals surface area (Å²) >= 11 is 5.59. The van der Waals surface area contributed by atoms with Gasteiger partial charge in [0, 0.05) is 0 Å². The number of carbonyl (C=O) groups is 1. The second-order valence-electron chi connectivity index (χ2n) is 3.97. The highest BCUT2D eigenvalue weighted by atomic mass is 35.5. The molecule has 1 aromatic heterocycles. The van der Waals surface area contributed by atoms with Crippen LogP contribution in [0.3, 0.4) is 0 Å². The van der Waals surface area contributed by atoms with E-state index in [1.54, 1.807) is 19.1 Å². The highest BCUT2D eigenvalue weighted by molar-refractivity contribution is 6.29. The van der Waals surface area contributed by atoms with Gasteiger partial charge in [-0.25, -0.2) is 14.4 Å². The van der Waals surface area contributed by atoms with Gasteiger partial charge in [-0.15, -0.1) is 0 Å². The Hall–Kier alpha value is -2.01. The van der Waals surface area contributed by atoms with Crippen molar-refractivity contribution in [1.82, 2.24) is 15.3 Å². The first-order valence-electron chi connectivity index (χ1n) is 5.60. The first-order valence-corrected chi connectivity index (χ1v) is 5.98. The fourth-order valence-corrected chi connectivity index (χ4v) is 1.63. The largest absolute Gasteiger partial charge is 0.344 e. The van der Waals surface area contributed by atoms with Crippen molar-refractivity contribution < 1.29 is 9.18 Å². The average Bonchev–Trinajstić information content (AvgIpc) is 2.40. The van der Waals surface area contributed by atoms with Gasteiger partial charge in [-0.3, -0.25) is 4.79 Å². The lowest BCUT2D eigenvalue weighted by molar-refractivity contribution is 0.0934. The van der Waals surface area contributed by atoms with E-state index in [1.807, 2.05) is 0 Å². The molecule has 1 aromatic carbocycles. The van der Waals surface area contributed by atoms with Crippen molar-refractivity contribution in [3.63, 3.8) is 0 Å². The van der Waals surface area contributed by atoms with E-state index in [2.05, 4.69) is 15.3 Å². The van der Waals surface area contributed by atoms with Gasteiger partial charge in [-0.05, 0) is 24.6 Å². The van der Waals surface area contributed by atoms with Crippen LogP contribution in [0.25, 0.3) is 0 Å². The van der Waals surface area contributed by atoms with Gasteiger partial charge in [0.1, 0.15) is 16.7 Å². The first-order chi connectivity index (χ1) is 9.06. The quantitative estimate of drug-likeness (QED) is 0.940. The van der Waals surface area contributed by atoms with E-state index in [4.69, 9.17) is 11.6 Å². The molecule has 0 radical (unpaired) electrons. The van der Waals surface area contributed by atoms with Crippen molar-refractivity contribution in [2.45, 2.75) is 13.0 Å². The molecule has 6 heteroatoms. The van der Waals surface area contributed by atoms with Gasteiger partial charge in [0.25, 0.3) is 5.91 Å². The lowest BCUT2D eigenvalue weighted by Gasteiger charge is -2.13. The molecule has 98 valence electrons. The number of amides is 1. The molecule has 2 aromatic rings. The minimum atomic E-state index is -0.360. The van der Waals surface area contributed by atoms with Gasteiger partial charge < -0.3 is 5.32 Å². The third-order valence-corrected chi connectivity index (χ3v) is 2.77. The van der Waals surface area contributed by atoms with Crippen LogP contribution in [0.2, 0.25) is 5.15 Å². The summed E-state index contributed by atoms with van der Waals surface area (Å²) in [6.45, 7) is 1.80. The van der Waals surface area contributed by atoms with Gasteiger partial charge in [-0.2, -0.15) is 0 Å². The van der Waals surface area contributed by atoms with E-state index in [0.29, 0.717) is 0 Å². The first kappa shape index (κ1) is 13.4. The SMILES string of the molecule is CC(NC(=O)c1cnc(Cl)cn1)c1ccc(F)cc1. The van der Waals surface area contributed by atoms with E-state index < -0.39 is 0 Å². The number of nitrogens with zero attached hydrogens (tertiary/aromatic N) is 2. The predicted octanol–water partition coefficient (Wildman–Crippen LogP) is 2.76. The Labute approximate surface area is 114 Å². The summed E-state index contributed by atoms with van der Waals surface area (Å²) in [4.78, 5) is 19.5. The van der Waals surface area contributed by atoms with E-state index in [0.717, 1.165) is 5.56 Å². The van der Waals surface area contributed by atoms with Gasteiger partial charge >= 0.3 is 0 Å². The lowest BCUT2D eigenvalue weighted by Crippen LogP contribution is -2.27. The van der Waals surface area contributed by atoms with Gasteiger partial charge in [0.05, 0.1) is 18.4 Å². The summed E-state index contributed by atoms with van der Waals surface area (Å²) in [5, 5.41) is 2.97. The highest BCUT2D eigenvalue weighted by Crippen LogP contribution is 2.13. The van der Waals surface area contributed by atoms with Crippen LogP contribution in [-0.4, -0.2) is 15.9 Å². The number of hydrogen-bond acceptors (Lipinski definition) is 3. The molecule has 1 atom stereocenters. The number of rotatable bonds is 3. The maximum atomic E-state index is 12.8. The summed E-state index contributed by atoms with van der Waals surface area (Å²) < 4.78 is 12.8. The second kappa shape index (κ2) is 5.75. The molecule has 0 fully saturated rings. The molecule has 1 heterocycles. The third kappa shape index (κ3) is 3.48. The highest BCUT2D eigenvalue weighted by Gasteiger charge is 2.12. The number of halogens is 2. The molecule has 2 rings (SSSR count). The Morgan fingerprint density at radius 2 is 1.95 bits per heavy atom. The molecule has 0 bridgehead atoms. The molecular weight excluding hydrogens is 269 g/mol. The Morgan fingerprint density at radius 1 is 1.26 bits per heavy atom. The molecule has 0 aliphatic heterocycles. The standard InChI is InChI=1S/C13H11ClFN3O/c1-8(9-2-4-10(15)5-3-9)18-13(19)11-6-17-12(14)7-16-11/h2-8H,1H3,(H,18,19). The zero-order valence-corrected chi connectivity index (χ0v) is 10.9. The van der Waals surface area contributed by atoms with Gasteiger partial charge in [-0.1, -0.05) is 23.7 Å². The fraction of sp³-hybridized carbons (Fsp3) is 0.154. The predicted molar refractivity (Wildman–Crippen MR) is 69.3 cm³/mol. The summed E-state index contributed by atoms with van der Waals surface area (Å²) in [5.41, 5.74) is 0.982.